The molecule has 3 aliphatic rings. The van der Waals surface area contributed by atoms with E-state index in [2.05, 4.69) is 24.9 Å². The zero-order valence-electron chi connectivity index (χ0n) is 17.8. The van der Waals surface area contributed by atoms with E-state index in [1.54, 1.807) is 18.5 Å². The molecule has 1 aromatic rings. The summed E-state index contributed by atoms with van der Waals surface area (Å²) in [5.41, 5.74) is 0.669. The van der Waals surface area contributed by atoms with Crippen LogP contribution in [0.1, 0.15) is 68.1 Å². The van der Waals surface area contributed by atoms with Crippen LogP contribution in [0.2, 0.25) is 0 Å². The fraction of sp³-hybridized carbons (Fsp3) is 0.783. The quantitative estimate of drug-likeness (QED) is 0.705. The number of aromatic nitrogens is 2. The number of hydrogen-bond acceptors (Lipinski definition) is 5. The van der Waals surface area contributed by atoms with Crippen LogP contribution < -0.4 is 0 Å². The van der Waals surface area contributed by atoms with Gasteiger partial charge in [-0.1, -0.05) is 19.3 Å². The van der Waals surface area contributed by atoms with Gasteiger partial charge in [0.2, 0.25) is 0 Å². The SMILES string of the molecule is O=C(c1ccnnc1)N(CCN1CCCCC1)C[C@@H]1CCCN(C2CCCC2)C1. The highest BCUT2D eigenvalue weighted by Crippen LogP contribution is 2.28. The van der Waals surface area contributed by atoms with Crippen LogP contribution >= 0.6 is 0 Å². The number of nitrogens with zero attached hydrogens (tertiary/aromatic N) is 5. The molecule has 0 radical (unpaired) electrons. The van der Waals surface area contributed by atoms with Crippen molar-refractivity contribution in [2.45, 2.75) is 63.8 Å². The second-order valence-electron chi connectivity index (χ2n) is 9.23. The Morgan fingerprint density at radius 2 is 1.83 bits per heavy atom. The molecule has 0 N–H and O–H groups in total. The van der Waals surface area contributed by atoms with E-state index in [9.17, 15) is 4.79 Å². The number of hydrogen-bond donors (Lipinski definition) is 0. The first-order valence-corrected chi connectivity index (χ1v) is 11.8. The van der Waals surface area contributed by atoms with E-state index < -0.39 is 0 Å². The van der Waals surface area contributed by atoms with Gasteiger partial charge in [0.15, 0.2) is 0 Å². The molecular formula is C23H37N5O. The van der Waals surface area contributed by atoms with Crippen molar-refractivity contribution in [1.29, 1.82) is 0 Å². The molecule has 6 nitrogen and oxygen atoms in total. The number of carbonyl (C=O) groups excluding carboxylic acids is 1. The maximum absolute atomic E-state index is 13.3. The summed E-state index contributed by atoms with van der Waals surface area (Å²) in [7, 11) is 0. The maximum atomic E-state index is 13.3. The highest BCUT2D eigenvalue weighted by Gasteiger charge is 2.30. The summed E-state index contributed by atoms with van der Waals surface area (Å²) in [6.45, 7) is 7.45. The Balaban J connectivity index is 1.38. The molecule has 160 valence electrons. The third-order valence-electron chi connectivity index (χ3n) is 7.12. The number of carbonyl (C=O) groups is 1. The minimum Gasteiger partial charge on any atom is -0.337 e. The first-order valence-electron chi connectivity index (χ1n) is 11.8. The van der Waals surface area contributed by atoms with Crippen molar-refractivity contribution in [2.75, 3.05) is 45.8 Å². The molecule has 3 fully saturated rings. The normalized spacial score (nSPS) is 24.6. The largest absolute Gasteiger partial charge is 0.337 e. The Bertz CT molecular complexity index is 627. The lowest BCUT2D eigenvalue weighted by molar-refractivity contribution is 0.0609. The van der Waals surface area contributed by atoms with Crippen LogP contribution in [-0.2, 0) is 0 Å². The monoisotopic (exact) mass is 399 g/mol. The van der Waals surface area contributed by atoms with Crippen LogP contribution in [0.25, 0.3) is 0 Å². The molecule has 1 amide bonds. The summed E-state index contributed by atoms with van der Waals surface area (Å²) >= 11 is 0. The van der Waals surface area contributed by atoms with Gasteiger partial charge in [-0.05, 0) is 70.1 Å². The molecule has 1 aliphatic carbocycles. The van der Waals surface area contributed by atoms with E-state index in [-0.39, 0.29) is 5.91 Å². The van der Waals surface area contributed by atoms with Gasteiger partial charge in [-0.2, -0.15) is 10.2 Å². The summed E-state index contributed by atoms with van der Waals surface area (Å²) in [4.78, 5) is 20.6. The third kappa shape index (κ3) is 5.76. The molecule has 2 aliphatic heterocycles. The first kappa shape index (κ1) is 20.7. The van der Waals surface area contributed by atoms with E-state index in [0.717, 1.165) is 32.2 Å². The summed E-state index contributed by atoms with van der Waals surface area (Å²) in [5, 5.41) is 7.77. The van der Waals surface area contributed by atoms with Gasteiger partial charge in [-0.3, -0.25) is 4.79 Å². The number of amides is 1. The zero-order chi connectivity index (χ0) is 19.9. The Morgan fingerprint density at radius 3 is 2.59 bits per heavy atom. The van der Waals surface area contributed by atoms with E-state index >= 15 is 0 Å². The van der Waals surface area contributed by atoms with Crippen LogP contribution in [0.3, 0.4) is 0 Å². The first-order chi connectivity index (χ1) is 14.3. The average molecular weight is 400 g/mol. The van der Waals surface area contributed by atoms with Crippen LogP contribution in [0.4, 0.5) is 0 Å². The van der Waals surface area contributed by atoms with Gasteiger partial charge in [0.25, 0.3) is 5.91 Å². The minimum absolute atomic E-state index is 0.120. The van der Waals surface area contributed by atoms with Gasteiger partial charge in [0, 0.05) is 32.2 Å². The molecular weight excluding hydrogens is 362 g/mol. The second kappa shape index (κ2) is 10.5. The molecule has 1 atom stereocenters. The van der Waals surface area contributed by atoms with Gasteiger partial charge >= 0.3 is 0 Å². The van der Waals surface area contributed by atoms with Gasteiger partial charge in [0.05, 0.1) is 18.0 Å². The van der Waals surface area contributed by atoms with E-state index in [4.69, 9.17) is 0 Å². The zero-order valence-corrected chi connectivity index (χ0v) is 17.8. The number of likely N-dealkylation sites (tertiary alicyclic amines) is 2. The Hall–Kier alpha value is -1.53. The molecule has 6 heteroatoms. The Kier molecular flexibility index (Phi) is 7.49. The van der Waals surface area contributed by atoms with Crippen molar-refractivity contribution < 1.29 is 4.79 Å². The second-order valence-corrected chi connectivity index (χ2v) is 9.23. The third-order valence-corrected chi connectivity index (χ3v) is 7.12. The molecule has 1 saturated carbocycles. The lowest BCUT2D eigenvalue weighted by Gasteiger charge is -2.39. The smallest absolute Gasteiger partial charge is 0.255 e. The highest BCUT2D eigenvalue weighted by molar-refractivity contribution is 5.93. The lowest BCUT2D eigenvalue weighted by atomic mass is 9.95. The molecule has 29 heavy (non-hydrogen) atoms. The van der Waals surface area contributed by atoms with Crippen LogP contribution in [0.5, 0.6) is 0 Å². The van der Waals surface area contributed by atoms with Gasteiger partial charge in [-0.25, -0.2) is 0 Å². The fourth-order valence-electron chi connectivity index (χ4n) is 5.48. The molecule has 3 heterocycles. The van der Waals surface area contributed by atoms with E-state index in [1.807, 2.05) is 0 Å². The topological polar surface area (TPSA) is 52.6 Å². The predicted octanol–water partition coefficient (Wildman–Crippen LogP) is 3.06. The maximum Gasteiger partial charge on any atom is 0.255 e. The molecule has 4 rings (SSSR count). The van der Waals surface area contributed by atoms with Crippen molar-refractivity contribution in [3.8, 4) is 0 Å². The average Bonchev–Trinajstić information content (AvgIpc) is 3.33. The van der Waals surface area contributed by atoms with Gasteiger partial charge in [0.1, 0.15) is 0 Å². The lowest BCUT2D eigenvalue weighted by Crippen LogP contribution is -2.47. The molecule has 1 aromatic heterocycles. The predicted molar refractivity (Wildman–Crippen MR) is 115 cm³/mol. The summed E-state index contributed by atoms with van der Waals surface area (Å²) in [5.74, 6) is 0.708. The molecule has 0 aromatic carbocycles. The van der Waals surface area contributed by atoms with Crippen LogP contribution in [0, 0.1) is 5.92 Å². The fourth-order valence-corrected chi connectivity index (χ4v) is 5.48. The van der Waals surface area contributed by atoms with Crippen molar-refractivity contribution in [3.63, 3.8) is 0 Å². The Labute approximate surface area is 175 Å². The summed E-state index contributed by atoms with van der Waals surface area (Å²) < 4.78 is 0. The van der Waals surface area contributed by atoms with Crippen molar-refractivity contribution >= 4 is 5.91 Å². The molecule has 0 bridgehead atoms. The summed E-state index contributed by atoms with van der Waals surface area (Å²) in [6, 6.07) is 2.59. The molecule has 2 saturated heterocycles. The molecule has 0 unspecified atom stereocenters. The van der Waals surface area contributed by atoms with Crippen LogP contribution in [-0.4, -0.2) is 82.7 Å². The van der Waals surface area contributed by atoms with Crippen LogP contribution in [0.15, 0.2) is 18.5 Å². The molecule has 0 spiro atoms. The summed E-state index contributed by atoms with van der Waals surface area (Å²) in [6.07, 6.45) is 15.2. The van der Waals surface area contributed by atoms with Gasteiger partial charge in [-0.15, -0.1) is 0 Å². The number of rotatable bonds is 7. The van der Waals surface area contributed by atoms with Crippen molar-refractivity contribution in [2.24, 2.45) is 5.92 Å². The Morgan fingerprint density at radius 1 is 1.00 bits per heavy atom. The van der Waals surface area contributed by atoms with E-state index in [0.29, 0.717) is 11.5 Å². The minimum atomic E-state index is 0.120. The van der Waals surface area contributed by atoms with Gasteiger partial charge < -0.3 is 14.7 Å². The van der Waals surface area contributed by atoms with Crippen molar-refractivity contribution in [3.05, 3.63) is 24.0 Å². The standard InChI is InChI=1S/C23H37N5O/c29-23(21-10-11-24-25-17-21)28(16-15-26-12-4-1-5-13-26)19-20-7-6-14-27(18-20)22-8-2-3-9-22/h10-11,17,20,22H,1-9,12-16,18-19H2/t20-/m1/s1. The highest BCUT2D eigenvalue weighted by atomic mass is 16.2. The van der Waals surface area contributed by atoms with Crippen molar-refractivity contribution in [1.82, 2.24) is 24.9 Å². The van der Waals surface area contributed by atoms with E-state index in [1.165, 1.54) is 77.4 Å². The number of piperidine rings is 2.